The van der Waals surface area contributed by atoms with E-state index < -0.39 is 0 Å². The highest BCUT2D eigenvalue weighted by Gasteiger charge is 2.28. The second-order valence-electron chi connectivity index (χ2n) is 5.25. The zero-order chi connectivity index (χ0) is 14.5. The summed E-state index contributed by atoms with van der Waals surface area (Å²) in [4.78, 5) is 16.0. The fourth-order valence-corrected chi connectivity index (χ4v) is 3.76. The molecule has 2 aromatic rings. The predicted molar refractivity (Wildman–Crippen MR) is 87.3 cm³/mol. The molecule has 0 radical (unpaired) electrons. The maximum atomic E-state index is 12.9. The highest BCUT2D eigenvalue weighted by Crippen LogP contribution is 2.37. The van der Waals surface area contributed by atoms with Crippen molar-refractivity contribution < 1.29 is 4.79 Å². The topological polar surface area (TPSA) is 20.3 Å². The highest BCUT2D eigenvalue weighted by atomic mass is 32.2. The summed E-state index contributed by atoms with van der Waals surface area (Å²) in [6, 6.07) is 20.3. The summed E-state index contributed by atoms with van der Waals surface area (Å²) in [5.74, 6) is 0.243. The van der Waals surface area contributed by atoms with Gasteiger partial charge in [0.2, 0.25) is 5.91 Å². The molecule has 1 heterocycles. The van der Waals surface area contributed by atoms with Gasteiger partial charge in [0.15, 0.2) is 0 Å². The van der Waals surface area contributed by atoms with Crippen LogP contribution < -0.4 is 0 Å². The Balaban J connectivity index is 1.85. The molecule has 2 nitrogen and oxygen atoms in total. The lowest BCUT2D eigenvalue weighted by Gasteiger charge is -2.23. The second-order valence-corrected chi connectivity index (χ2v) is 6.43. The molecule has 1 atom stereocenters. The lowest BCUT2D eigenvalue weighted by Crippen LogP contribution is -2.31. The van der Waals surface area contributed by atoms with Gasteiger partial charge in [-0.3, -0.25) is 4.79 Å². The van der Waals surface area contributed by atoms with Gasteiger partial charge in [-0.1, -0.05) is 48.5 Å². The van der Waals surface area contributed by atoms with Gasteiger partial charge >= 0.3 is 0 Å². The van der Waals surface area contributed by atoms with E-state index in [2.05, 4.69) is 24.3 Å². The Morgan fingerprint density at radius 3 is 2.10 bits per heavy atom. The standard InChI is InChI=1S/C18H19NOS/c20-18(19-13-7-8-14-19)17(15-9-3-1-4-10-15)21-16-11-5-2-6-12-16/h1-6,9-12,17H,7-8,13-14H2/t17-/m1/s1. The van der Waals surface area contributed by atoms with Crippen LogP contribution in [0.25, 0.3) is 0 Å². The Morgan fingerprint density at radius 1 is 0.905 bits per heavy atom. The van der Waals surface area contributed by atoms with Crippen molar-refractivity contribution in [3.8, 4) is 0 Å². The van der Waals surface area contributed by atoms with Crippen molar-refractivity contribution in [2.45, 2.75) is 23.0 Å². The second kappa shape index (κ2) is 6.81. The van der Waals surface area contributed by atoms with Crippen molar-refractivity contribution >= 4 is 17.7 Å². The van der Waals surface area contributed by atoms with Crippen molar-refractivity contribution in [1.29, 1.82) is 0 Å². The zero-order valence-electron chi connectivity index (χ0n) is 11.9. The first-order chi connectivity index (χ1) is 10.3. The molecule has 3 heteroatoms. The molecule has 0 saturated carbocycles. The fraction of sp³-hybridized carbons (Fsp3) is 0.278. The van der Waals surface area contributed by atoms with Gasteiger partial charge in [-0.25, -0.2) is 0 Å². The summed E-state index contributed by atoms with van der Waals surface area (Å²) >= 11 is 1.65. The van der Waals surface area contributed by atoms with E-state index in [9.17, 15) is 4.79 Å². The summed E-state index contributed by atoms with van der Waals surface area (Å²) < 4.78 is 0. The first kappa shape index (κ1) is 14.2. The number of carbonyl (C=O) groups excluding carboxylic acids is 1. The van der Waals surface area contributed by atoms with E-state index >= 15 is 0 Å². The molecule has 1 amide bonds. The minimum absolute atomic E-state index is 0.147. The van der Waals surface area contributed by atoms with Crippen LogP contribution in [-0.4, -0.2) is 23.9 Å². The SMILES string of the molecule is O=C([C@H](Sc1ccccc1)c1ccccc1)N1CCCC1. The summed E-state index contributed by atoms with van der Waals surface area (Å²) in [6.45, 7) is 1.80. The number of rotatable bonds is 4. The van der Waals surface area contributed by atoms with Crippen molar-refractivity contribution in [3.05, 3.63) is 66.2 Å². The van der Waals surface area contributed by atoms with Gasteiger partial charge in [0.1, 0.15) is 5.25 Å². The molecule has 3 rings (SSSR count). The Hall–Kier alpha value is -1.74. The monoisotopic (exact) mass is 297 g/mol. The minimum Gasteiger partial charge on any atom is -0.341 e. The number of likely N-dealkylation sites (tertiary alicyclic amines) is 1. The fourth-order valence-electron chi connectivity index (χ4n) is 2.63. The third-order valence-corrected chi connectivity index (χ3v) is 5.00. The Morgan fingerprint density at radius 2 is 1.48 bits per heavy atom. The quantitative estimate of drug-likeness (QED) is 0.790. The van der Waals surface area contributed by atoms with Crippen LogP contribution >= 0.6 is 11.8 Å². The smallest absolute Gasteiger partial charge is 0.240 e. The molecule has 2 aromatic carbocycles. The van der Waals surface area contributed by atoms with Crippen LogP contribution in [0.3, 0.4) is 0 Å². The van der Waals surface area contributed by atoms with E-state index in [0.29, 0.717) is 0 Å². The molecule has 1 aliphatic rings. The van der Waals surface area contributed by atoms with Crippen LogP contribution in [0.1, 0.15) is 23.7 Å². The summed E-state index contributed by atoms with van der Waals surface area (Å²) in [6.07, 6.45) is 2.26. The van der Waals surface area contributed by atoms with Gasteiger partial charge in [0, 0.05) is 18.0 Å². The van der Waals surface area contributed by atoms with Crippen molar-refractivity contribution in [3.63, 3.8) is 0 Å². The average molecular weight is 297 g/mol. The predicted octanol–water partition coefficient (Wildman–Crippen LogP) is 4.14. The van der Waals surface area contributed by atoms with Gasteiger partial charge in [-0.05, 0) is 30.5 Å². The van der Waals surface area contributed by atoms with Crippen LogP contribution in [0.4, 0.5) is 0 Å². The largest absolute Gasteiger partial charge is 0.341 e. The third kappa shape index (κ3) is 3.48. The molecule has 108 valence electrons. The van der Waals surface area contributed by atoms with E-state index in [1.54, 1.807) is 11.8 Å². The van der Waals surface area contributed by atoms with Crippen LogP contribution in [0.2, 0.25) is 0 Å². The molecule has 0 unspecified atom stereocenters. The summed E-state index contributed by atoms with van der Waals surface area (Å²) in [5, 5.41) is -0.147. The number of nitrogens with zero attached hydrogens (tertiary/aromatic N) is 1. The molecular formula is C18H19NOS. The van der Waals surface area contributed by atoms with E-state index in [1.165, 1.54) is 0 Å². The normalized spacial score (nSPS) is 15.9. The number of hydrogen-bond donors (Lipinski definition) is 0. The summed E-state index contributed by atoms with van der Waals surface area (Å²) in [7, 11) is 0. The Labute approximate surface area is 130 Å². The molecule has 0 aliphatic carbocycles. The Kier molecular flexibility index (Phi) is 4.61. The molecule has 0 bridgehead atoms. The number of thioether (sulfide) groups is 1. The third-order valence-electron chi connectivity index (χ3n) is 3.74. The molecule has 0 N–H and O–H groups in total. The number of amides is 1. The molecule has 1 fully saturated rings. The molecule has 0 aromatic heterocycles. The van der Waals surface area contributed by atoms with Crippen LogP contribution in [0, 0.1) is 0 Å². The lowest BCUT2D eigenvalue weighted by molar-refractivity contribution is -0.129. The van der Waals surface area contributed by atoms with Crippen molar-refractivity contribution in [2.75, 3.05) is 13.1 Å². The lowest BCUT2D eigenvalue weighted by atomic mass is 10.1. The first-order valence-corrected chi connectivity index (χ1v) is 8.28. The van der Waals surface area contributed by atoms with Gasteiger partial charge < -0.3 is 4.90 Å². The molecule has 21 heavy (non-hydrogen) atoms. The molecule has 1 aliphatic heterocycles. The van der Waals surface area contributed by atoms with Crippen LogP contribution in [0.15, 0.2) is 65.6 Å². The maximum absolute atomic E-state index is 12.9. The van der Waals surface area contributed by atoms with Gasteiger partial charge in [-0.2, -0.15) is 0 Å². The molecular weight excluding hydrogens is 278 g/mol. The first-order valence-electron chi connectivity index (χ1n) is 7.40. The molecule has 0 spiro atoms. The van der Waals surface area contributed by atoms with E-state index in [4.69, 9.17) is 0 Å². The van der Waals surface area contributed by atoms with E-state index in [-0.39, 0.29) is 11.2 Å². The number of benzene rings is 2. The maximum Gasteiger partial charge on any atom is 0.240 e. The van der Waals surface area contributed by atoms with Crippen molar-refractivity contribution in [1.82, 2.24) is 4.90 Å². The zero-order valence-corrected chi connectivity index (χ0v) is 12.8. The van der Waals surface area contributed by atoms with Crippen LogP contribution in [-0.2, 0) is 4.79 Å². The van der Waals surface area contributed by atoms with Gasteiger partial charge in [0.25, 0.3) is 0 Å². The van der Waals surface area contributed by atoms with Crippen molar-refractivity contribution in [2.24, 2.45) is 0 Å². The molecule has 1 saturated heterocycles. The van der Waals surface area contributed by atoms with E-state index in [0.717, 1.165) is 36.4 Å². The highest BCUT2D eigenvalue weighted by molar-refractivity contribution is 8.00. The number of carbonyl (C=O) groups is 1. The van der Waals surface area contributed by atoms with Gasteiger partial charge in [-0.15, -0.1) is 11.8 Å². The summed E-state index contributed by atoms with van der Waals surface area (Å²) in [5.41, 5.74) is 1.09. The van der Waals surface area contributed by atoms with Gasteiger partial charge in [0.05, 0.1) is 0 Å². The Bertz CT molecular complexity index is 579. The minimum atomic E-state index is -0.147. The number of hydrogen-bond acceptors (Lipinski definition) is 2. The van der Waals surface area contributed by atoms with E-state index in [1.807, 2.05) is 41.3 Å². The van der Waals surface area contributed by atoms with Crippen LogP contribution in [0.5, 0.6) is 0 Å². The average Bonchev–Trinajstić information content (AvgIpc) is 3.08.